The van der Waals surface area contributed by atoms with Gasteiger partial charge >= 0.3 is 0 Å². The van der Waals surface area contributed by atoms with Crippen LogP contribution in [0.15, 0.2) is 41.2 Å². The minimum absolute atomic E-state index is 0.0182. The molecule has 2 N–H and O–H groups in total. The van der Waals surface area contributed by atoms with E-state index in [2.05, 4.69) is 22.4 Å². The zero-order valence-corrected chi connectivity index (χ0v) is 14.0. The number of hydrogen-bond donors (Lipinski definition) is 2. The minimum atomic E-state index is -0.0182. The summed E-state index contributed by atoms with van der Waals surface area (Å²) in [6.07, 6.45) is 3.13. The number of nitrogens with one attached hydrogen (secondary N) is 2. The van der Waals surface area contributed by atoms with Crippen molar-refractivity contribution in [2.75, 3.05) is 20.3 Å². The fourth-order valence-corrected chi connectivity index (χ4v) is 3.14. The number of methoxy groups -OCH3 is 1. The van der Waals surface area contributed by atoms with Crippen molar-refractivity contribution < 1.29 is 9.47 Å². The monoisotopic (exact) mass is 328 g/mol. The zero-order chi connectivity index (χ0) is 16.8. The Balaban J connectivity index is 1.62. The average Bonchev–Trinajstić information content (AvgIpc) is 2.60. The fraction of sp³-hybridized carbons (Fsp3) is 0.421. The lowest BCUT2D eigenvalue weighted by Gasteiger charge is -2.26. The fourth-order valence-electron chi connectivity index (χ4n) is 3.14. The van der Waals surface area contributed by atoms with Gasteiger partial charge in [0.25, 0.3) is 0 Å². The molecule has 0 saturated heterocycles. The Morgan fingerprint density at radius 2 is 2.17 bits per heavy atom. The highest BCUT2D eigenvalue weighted by Crippen LogP contribution is 2.28. The molecule has 2 aromatic rings. The molecule has 1 unspecified atom stereocenters. The first kappa shape index (κ1) is 16.7. The van der Waals surface area contributed by atoms with Crippen LogP contribution in [0.25, 0.3) is 0 Å². The van der Waals surface area contributed by atoms with E-state index in [0.29, 0.717) is 13.2 Å². The third-order valence-electron chi connectivity index (χ3n) is 4.34. The van der Waals surface area contributed by atoms with Crippen LogP contribution in [-0.4, -0.2) is 25.3 Å². The van der Waals surface area contributed by atoms with Gasteiger partial charge in [0.2, 0.25) is 5.56 Å². The number of rotatable bonds is 7. The van der Waals surface area contributed by atoms with Gasteiger partial charge in [-0.05, 0) is 42.5 Å². The number of aromatic nitrogens is 1. The summed E-state index contributed by atoms with van der Waals surface area (Å²) < 4.78 is 10.7. The summed E-state index contributed by atoms with van der Waals surface area (Å²) >= 11 is 0. The molecule has 1 aliphatic rings. The SMILES string of the molecule is COCCOc1cccc(CNC2CCCc3[nH]c(=O)ccc32)c1. The first-order chi connectivity index (χ1) is 11.8. The molecule has 1 aromatic carbocycles. The van der Waals surface area contributed by atoms with E-state index in [4.69, 9.17) is 9.47 Å². The highest BCUT2D eigenvalue weighted by atomic mass is 16.5. The number of fused-ring (bicyclic) bond motifs is 1. The van der Waals surface area contributed by atoms with Crippen molar-refractivity contribution in [3.05, 3.63) is 63.6 Å². The van der Waals surface area contributed by atoms with Crippen molar-refractivity contribution in [3.8, 4) is 5.75 Å². The predicted octanol–water partition coefficient (Wildman–Crippen LogP) is 2.57. The molecule has 1 aromatic heterocycles. The van der Waals surface area contributed by atoms with Gasteiger partial charge in [-0.3, -0.25) is 4.79 Å². The third kappa shape index (κ3) is 4.24. The van der Waals surface area contributed by atoms with Crippen LogP contribution in [0.1, 0.15) is 35.7 Å². The molecule has 0 radical (unpaired) electrons. The lowest BCUT2D eigenvalue weighted by molar-refractivity contribution is 0.146. The Morgan fingerprint density at radius 1 is 1.25 bits per heavy atom. The van der Waals surface area contributed by atoms with Gasteiger partial charge in [-0.2, -0.15) is 0 Å². The average molecular weight is 328 g/mol. The second-order valence-electron chi connectivity index (χ2n) is 6.07. The van der Waals surface area contributed by atoms with Gasteiger partial charge in [0.05, 0.1) is 6.61 Å². The highest BCUT2D eigenvalue weighted by Gasteiger charge is 2.20. The molecule has 128 valence electrons. The molecule has 24 heavy (non-hydrogen) atoms. The summed E-state index contributed by atoms with van der Waals surface area (Å²) in [5.41, 5.74) is 3.45. The van der Waals surface area contributed by atoms with Gasteiger partial charge in [0.15, 0.2) is 0 Å². The van der Waals surface area contributed by atoms with Crippen LogP contribution in [0.2, 0.25) is 0 Å². The molecule has 3 rings (SSSR count). The van der Waals surface area contributed by atoms with Gasteiger partial charge in [-0.1, -0.05) is 18.2 Å². The third-order valence-corrected chi connectivity index (χ3v) is 4.34. The number of benzene rings is 1. The maximum absolute atomic E-state index is 11.5. The Bertz CT molecular complexity index is 727. The number of pyridine rings is 1. The second-order valence-corrected chi connectivity index (χ2v) is 6.07. The summed E-state index contributed by atoms with van der Waals surface area (Å²) in [4.78, 5) is 14.4. The van der Waals surface area contributed by atoms with E-state index in [1.54, 1.807) is 13.2 Å². The molecule has 0 bridgehead atoms. The van der Waals surface area contributed by atoms with E-state index in [1.807, 2.05) is 18.2 Å². The first-order valence-corrected chi connectivity index (χ1v) is 8.42. The molecule has 1 aliphatic carbocycles. The number of aryl methyl sites for hydroxylation is 1. The number of ether oxygens (including phenoxy) is 2. The lowest BCUT2D eigenvalue weighted by Crippen LogP contribution is -2.27. The standard InChI is InChI=1S/C19H24N2O3/c1-23-10-11-24-15-5-2-4-14(12-15)13-20-17-6-3-7-18-16(17)8-9-19(22)21-18/h2,4-5,8-9,12,17,20H,3,6-7,10-11,13H2,1H3,(H,21,22). The van der Waals surface area contributed by atoms with Crippen molar-refractivity contribution in [2.24, 2.45) is 0 Å². The lowest BCUT2D eigenvalue weighted by atomic mass is 9.91. The number of H-pyrrole nitrogens is 1. The quantitative estimate of drug-likeness (QED) is 0.767. The van der Waals surface area contributed by atoms with E-state index in [-0.39, 0.29) is 11.6 Å². The van der Waals surface area contributed by atoms with E-state index < -0.39 is 0 Å². The van der Waals surface area contributed by atoms with E-state index in [0.717, 1.165) is 37.3 Å². The number of aromatic amines is 1. The second kappa shape index (κ2) is 8.13. The Hall–Kier alpha value is -2.11. The van der Waals surface area contributed by atoms with E-state index >= 15 is 0 Å². The van der Waals surface area contributed by atoms with E-state index in [9.17, 15) is 4.79 Å². The summed E-state index contributed by atoms with van der Waals surface area (Å²) in [6.45, 7) is 1.90. The van der Waals surface area contributed by atoms with Crippen molar-refractivity contribution in [1.29, 1.82) is 0 Å². The van der Waals surface area contributed by atoms with Crippen LogP contribution in [0.4, 0.5) is 0 Å². The van der Waals surface area contributed by atoms with Crippen molar-refractivity contribution in [3.63, 3.8) is 0 Å². The molecule has 5 heteroatoms. The van der Waals surface area contributed by atoms with E-state index in [1.165, 1.54) is 11.1 Å². The number of hydrogen-bond acceptors (Lipinski definition) is 4. The molecule has 0 amide bonds. The Kier molecular flexibility index (Phi) is 5.67. The maximum atomic E-state index is 11.5. The molecule has 0 aliphatic heterocycles. The van der Waals surface area contributed by atoms with Crippen LogP contribution < -0.4 is 15.6 Å². The Labute approximate surface area is 142 Å². The maximum Gasteiger partial charge on any atom is 0.248 e. The summed E-state index contributed by atoms with van der Waals surface area (Å²) in [5, 5.41) is 3.61. The van der Waals surface area contributed by atoms with Gasteiger partial charge in [-0.15, -0.1) is 0 Å². The molecular formula is C19H24N2O3. The molecule has 1 heterocycles. The zero-order valence-electron chi connectivity index (χ0n) is 14.0. The van der Waals surface area contributed by atoms with Crippen molar-refractivity contribution >= 4 is 0 Å². The Morgan fingerprint density at radius 3 is 3.04 bits per heavy atom. The first-order valence-electron chi connectivity index (χ1n) is 8.42. The molecule has 1 atom stereocenters. The van der Waals surface area contributed by atoms with Crippen LogP contribution >= 0.6 is 0 Å². The van der Waals surface area contributed by atoms with Crippen LogP contribution in [0.5, 0.6) is 5.75 Å². The topological polar surface area (TPSA) is 63.4 Å². The van der Waals surface area contributed by atoms with Crippen LogP contribution in [-0.2, 0) is 17.7 Å². The van der Waals surface area contributed by atoms with Crippen LogP contribution in [0, 0.1) is 0 Å². The molecule has 0 spiro atoms. The van der Waals surface area contributed by atoms with Gasteiger partial charge in [-0.25, -0.2) is 0 Å². The smallest absolute Gasteiger partial charge is 0.248 e. The van der Waals surface area contributed by atoms with Gasteiger partial charge in [0.1, 0.15) is 12.4 Å². The van der Waals surface area contributed by atoms with Crippen molar-refractivity contribution in [1.82, 2.24) is 10.3 Å². The minimum Gasteiger partial charge on any atom is -0.491 e. The van der Waals surface area contributed by atoms with Gasteiger partial charge < -0.3 is 19.8 Å². The summed E-state index contributed by atoms with van der Waals surface area (Å²) in [6, 6.07) is 12.0. The highest BCUT2D eigenvalue weighted by molar-refractivity contribution is 5.30. The molecular weight excluding hydrogens is 304 g/mol. The molecule has 0 saturated carbocycles. The van der Waals surface area contributed by atoms with Crippen molar-refractivity contribution in [2.45, 2.75) is 31.8 Å². The molecule has 0 fully saturated rings. The summed E-state index contributed by atoms with van der Waals surface area (Å²) in [7, 11) is 1.67. The summed E-state index contributed by atoms with van der Waals surface area (Å²) in [5.74, 6) is 0.861. The molecule has 5 nitrogen and oxygen atoms in total. The largest absolute Gasteiger partial charge is 0.491 e. The van der Waals surface area contributed by atoms with Gasteiger partial charge in [0, 0.05) is 31.5 Å². The normalized spacial score (nSPS) is 16.6. The predicted molar refractivity (Wildman–Crippen MR) is 93.4 cm³/mol. The van der Waals surface area contributed by atoms with Crippen LogP contribution in [0.3, 0.4) is 0 Å².